The lowest BCUT2D eigenvalue weighted by molar-refractivity contribution is 0.227. The lowest BCUT2D eigenvalue weighted by Gasteiger charge is -2.24. The van der Waals surface area contributed by atoms with Crippen LogP contribution in [0.15, 0.2) is 48.1 Å². The number of rotatable bonds is 9. The molecule has 0 saturated carbocycles. The molecule has 1 aromatic carbocycles. The maximum Gasteiger partial charge on any atom is 0.127 e. The Morgan fingerprint density at radius 3 is 2.77 bits per heavy atom. The minimum Gasteiger partial charge on any atom is -0.489 e. The molecule has 2 heterocycles. The van der Waals surface area contributed by atoms with Crippen LogP contribution in [0.1, 0.15) is 35.8 Å². The number of benzene rings is 1. The lowest BCUT2D eigenvalue weighted by Crippen LogP contribution is -2.24. The quantitative estimate of drug-likeness (QED) is 0.637. The van der Waals surface area contributed by atoms with Crippen LogP contribution >= 0.6 is 0 Å². The van der Waals surface area contributed by atoms with Crippen LogP contribution in [0.5, 0.6) is 11.5 Å². The summed E-state index contributed by atoms with van der Waals surface area (Å²) in [6, 6.07) is 6.18. The molecule has 1 fully saturated rings. The van der Waals surface area contributed by atoms with Crippen molar-refractivity contribution in [3.63, 3.8) is 0 Å². The van der Waals surface area contributed by atoms with Gasteiger partial charge in [0.1, 0.15) is 36.1 Å². The number of aromatic nitrogens is 2. The predicted octanol–water partition coefficient (Wildman–Crippen LogP) is 3.84. The molecular weight excluding hydrogens is 330 g/mol. The standard InChI is InChI=1S/C20H25N3O3/c1-4-11-24-17-9-8-16(19(13-17)25-12-5-2)14-23-10-6-7-18(23)20-15(3)21-26-22-20/h4-5,8-9,13,18H,1-2,6-7,10-12,14H2,3H3/t18-/m0/s1. The first-order valence-electron chi connectivity index (χ1n) is 8.86. The maximum atomic E-state index is 5.87. The van der Waals surface area contributed by atoms with E-state index in [2.05, 4.69) is 34.4 Å². The average Bonchev–Trinajstić information content (AvgIpc) is 3.27. The molecule has 138 valence electrons. The van der Waals surface area contributed by atoms with E-state index >= 15 is 0 Å². The monoisotopic (exact) mass is 355 g/mol. The molecule has 0 spiro atoms. The fourth-order valence-corrected chi connectivity index (χ4v) is 3.28. The molecule has 0 aliphatic carbocycles. The predicted molar refractivity (Wildman–Crippen MR) is 99.2 cm³/mol. The summed E-state index contributed by atoms with van der Waals surface area (Å²) in [5.41, 5.74) is 2.90. The van der Waals surface area contributed by atoms with Gasteiger partial charge in [-0.15, -0.1) is 0 Å². The van der Waals surface area contributed by atoms with Crippen LogP contribution in [0.25, 0.3) is 0 Å². The van der Waals surface area contributed by atoms with Crippen LogP contribution in [-0.2, 0) is 6.54 Å². The molecular formula is C20H25N3O3. The fraction of sp³-hybridized carbons (Fsp3) is 0.400. The van der Waals surface area contributed by atoms with Crippen molar-refractivity contribution in [2.45, 2.75) is 32.4 Å². The largest absolute Gasteiger partial charge is 0.489 e. The summed E-state index contributed by atoms with van der Waals surface area (Å²) in [5.74, 6) is 1.58. The van der Waals surface area contributed by atoms with Gasteiger partial charge in [-0.2, -0.15) is 0 Å². The van der Waals surface area contributed by atoms with Crippen LogP contribution in [0, 0.1) is 6.92 Å². The van der Waals surface area contributed by atoms with Crippen molar-refractivity contribution >= 4 is 0 Å². The highest BCUT2D eigenvalue weighted by Gasteiger charge is 2.30. The summed E-state index contributed by atoms with van der Waals surface area (Å²) in [5, 5.41) is 8.04. The van der Waals surface area contributed by atoms with E-state index in [9.17, 15) is 0 Å². The Morgan fingerprint density at radius 1 is 1.23 bits per heavy atom. The first-order valence-corrected chi connectivity index (χ1v) is 8.86. The molecule has 1 aromatic heterocycles. The van der Waals surface area contributed by atoms with Gasteiger partial charge >= 0.3 is 0 Å². The van der Waals surface area contributed by atoms with Crippen molar-refractivity contribution in [3.05, 3.63) is 60.5 Å². The zero-order valence-corrected chi connectivity index (χ0v) is 15.2. The first-order chi connectivity index (χ1) is 12.7. The van der Waals surface area contributed by atoms with Gasteiger partial charge in [0, 0.05) is 18.2 Å². The van der Waals surface area contributed by atoms with Crippen molar-refractivity contribution in [3.8, 4) is 11.5 Å². The normalized spacial score (nSPS) is 17.2. The van der Waals surface area contributed by atoms with Crippen LogP contribution in [0.3, 0.4) is 0 Å². The molecule has 1 aliphatic rings. The van der Waals surface area contributed by atoms with E-state index in [0.717, 1.165) is 54.4 Å². The molecule has 6 nitrogen and oxygen atoms in total. The molecule has 6 heteroatoms. The summed E-state index contributed by atoms with van der Waals surface area (Å²) in [7, 11) is 0. The molecule has 0 amide bonds. The minimum absolute atomic E-state index is 0.227. The van der Waals surface area contributed by atoms with Gasteiger partial charge in [0.2, 0.25) is 0 Å². The number of hydrogen-bond acceptors (Lipinski definition) is 6. The van der Waals surface area contributed by atoms with Gasteiger partial charge < -0.3 is 9.47 Å². The lowest BCUT2D eigenvalue weighted by atomic mass is 10.1. The molecule has 0 bridgehead atoms. The second kappa shape index (κ2) is 8.67. The Balaban J connectivity index is 1.79. The van der Waals surface area contributed by atoms with Gasteiger partial charge in [0.05, 0.1) is 6.04 Å². The van der Waals surface area contributed by atoms with Crippen molar-refractivity contribution in [1.82, 2.24) is 15.2 Å². The highest BCUT2D eigenvalue weighted by molar-refractivity contribution is 5.41. The molecule has 0 radical (unpaired) electrons. The third-order valence-corrected chi connectivity index (χ3v) is 4.50. The van der Waals surface area contributed by atoms with E-state index in [-0.39, 0.29) is 6.04 Å². The Labute approximate surface area is 154 Å². The second-order valence-corrected chi connectivity index (χ2v) is 6.33. The highest BCUT2D eigenvalue weighted by atomic mass is 16.6. The zero-order chi connectivity index (χ0) is 18.4. The van der Waals surface area contributed by atoms with E-state index in [4.69, 9.17) is 14.1 Å². The van der Waals surface area contributed by atoms with E-state index < -0.39 is 0 Å². The smallest absolute Gasteiger partial charge is 0.127 e. The van der Waals surface area contributed by atoms with Crippen molar-refractivity contribution in [1.29, 1.82) is 0 Å². The Bertz CT molecular complexity index is 757. The van der Waals surface area contributed by atoms with E-state index in [0.29, 0.717) is 13.2 Å². The summed E-state index contributed by atoms with van der Waals surface area (Å²) < 4.78 is 16.4. The number of likely N-dealkylation sites (tertiary alicyclic amines) is 1. The first kappa shape index (κ1) is 18.2. The van der Waals surface area contributed by atoms with Gasteiger partial charge in [-0.05, 0) is 32.4 Å². The van der Waals surface area contributed by atoms with Gasteiger partial charge in [-0.3, -0.25) is 4.90 Å². The van der Waals surface area contributed by atoms with Crippen LogP contribution in [-0.4, -0.2) is 35.0 Å². The molecule has 1 atom stereocenters. The third-order valence-electron chi connectivity index (χ3n) is 4.50. The molecule has 1 saturated heterocycles. The van der Waals surface area contributed by atoms with E-state index in [1.54, 1.807) is 12.2 Å². The number of aryl methyl sites for hydroxylation is 1. The molecule has 2 aromatic rings. The van der Waals surface area contributed by atoms with Crippen LogP contribution in [0.2, 0.25) is 0 Å². The Hall–Kier alpha value is -2.60. The van der Waals surface area contributed by atoms with Crippen LogP contribution < -0.4 is 9.47 Å². The Kier molecular flexibility index (Phi) is 6.07. The summed E-state index contributed by atoms with van der Waals surface area (Å²) in [6.45, 7) is 12.0. The molecule has 26 heavy (non-hydrogen) atoms. The number of ether oxygens (including phenoxy) is 2. The molecule has 0 unspecified atom stereocenters. The zero-order valence-electron chi connectivity index (χ0n) is 15.2. The van der Waals surface area contributed by atoms with Crippen LogP contribution in [0.4, 0.5) is 0 Å². The molecule has 0 N–H and O–H groups in total. The number of nitrogens with zero attached hydrogens (tertiary/aromatic N) is 3. The SMILES string of the molecule is C=CCOc1ccc(CN2CCC[C@H]2c2nonc2C)c(OCC=C)c1. The number of hydrogen-bond donors (Lipinski definition) is 0. The van der Waals surface area contributed by atoms with Crippen molar-refractivity contribution in [2.24, 2.45) is 0 Å². The highest BCUT2D eigenvalue weighted by Crippen LogP contribution is 2.35. The fourth-order valence-electron chi connectivity index (χ4n) is 3.28. The second-order valence-electron chi connectivity index (χ2n) is 6.33. The Morgan fingerprint density at radius 2 is 2.04 bits per heavy atom. The van der Waals surface area contributed by atoms with Gasteiger partial charge in [0.25, 0.3) is 0 Å². The molecule has 3 rings (SSSR count). The van der Waals surface area contributed by atoms with Crippen molar-refractivity contribution < 1.29 is 14.1 Å². The minimum atomic E-state index is 0.227. The summed E-state index contributed by atoms with van der Waals surface area (Å²) in [6.07, 6.45) is 5.64. The van der Waals surface area contributed by atoms with E-state index in [1.807, 2.05) is 19.1 Å². The third kappa shape index (κ3) is 4.14. The topological polar surface area (TPSA) is 60.6 Å². The van der Waals surface area contributed by atoms with Crippen molar-refractivity contribution in [2.75, 3.05) is 19.8 Å². The maximum absolute atomic E-state index is 5.87. The van der Waals surface area contributed by atoms with Gasteiger partial charge in [0.15, 0.2) is 0 Å². The average molecular weight is 355 g/mol. The summed E-state index contributed by atoms with van der Waals surface area (Å²) in [4.78, 5) is 2.40. The van der Waals surface area contributed by atoms with Gasteiger partial charge in [-0.25, -0.2) is 4.63 Å². The van der Waals surface area contributed by atoms with E-state index in [1.165, 1.54) is 0 Å². The molecule has 1 aliphatic heterocycles. The van der Waals surface area contributed by atoms with Gasteiger partial charge in [-0.1, -0.05) is 41.7 Å². The summed E-state index contributed by atoms with van der Waals surface area (Å²) >= 11 is 0.